The lowest BCUT2D eigenvalue weighted by Crippen LogP contribution is -2.14. The number of nitroso groups, excluding NO2 is 1. The van der Waals surface area contributed by atoms with Gasteiger partial charge in [-0.1, -0.05) is 29.1 Å². The van der Waals surface area contributed by atoms with Crippen molar-refractivity contribution in [2.45, 2.75) is 19.2 Å². The molecule has 2 rings (SSSR count). The molecule has 0 amide bonds. The van der Waals surface area contributed by atoms with E-state index in [0.29, 0.717) is 16.9 Å². The van der Waals surface area contributed by atoms with Crippen LogP contribution in [-0.2, 0) is 17.1 Å². The van der Waals surface area contributed by atoms with Gasteiger partial charge < -0.3 is 10.1 Å². The Kier molecular flexibility index (Phi) is 4.59. The number of H-pyrrole nitrogens is 1. The molecule has 7 nitrogen and oxygen atoms in total. The third kappa shape index (κ3) is 3.40. The van der Waals surface area contributed by atoms with Crippen molar-refractivity contribution in [1.82, 2.24) is 9.55 Å². The molecule has 0 radical (unpaired) electrons. The fourth-order valence-electron chi connectivity index (χ4n) is 1.81. The highest BCUT2D eigenvalue weighted by Gasteiger charge is 2.15. The molecule has 1 aromatic heterocycles. The Morgan fingerprint density at radius 2 is 2.05 bits per heavy atom. The maximum absolute atomic E-state index is 11.9. The fraction of sp³-hybridized carbons (Fsp3) is 0.231. The lowest BCUT2D eigenvalue weighted by Gasteiger charge is -2.04. The summed E-state index contributed by atoms with van der Waals surface area (Å²) in [5.41, 5.74) is 0.971. The third-order valence-corrected chi connectivity index (χ3v) is 3.64. The van der Waals surface area contributed by atoms with Crippen LogP contribution < -0.4 is 5.69 Å². The molecule has 0 aliphatic rings. The molecule has 0 bridgehead atoms. The van der Waals surface area contributed by atoms with Crippen molar-refractivity contribution in [3.05, 3.63) is 50.9 Å². The number of aromatic hydroxyl groups is 1. The first-order valence-electron chi connectivity index (χ1n) is 6.07. The van der Waals surface area contributed by atoms with Crippen molar-refractivity contribution in [2.75, 3.05) is 0 Å². The zero-order chi connectivity index (χ0) is 15.4. The van der Waals surface area contributed by atoms with Crippen LogP contribution in [-0.4, -0.2) is 19.8 Å². The number of hydrogen-bond acceptors (Lipinski definition) is 6. The molecule has 110 valence electrons. The van der Waals surface area contributed by atoms with Gasteiger partial charge in [-0.2, -0.15) is 4.91 Å². The van der Waals surface area contributed by atoms with Crippen LogP contribution in [0.2, 0.25) is 0 Å². The van der Waals surface area contributed by atoms with Crippen LogP contribution in [0.3, 0.4) is 0 Å². The molecule has 2 N–H and O–H groups in total. The van der Waals surface area contributed by atoms with Crippen molar-refractivity contribution >= 4 is 16.9 Å². The van der Waals surface area contributed by atoms with Crippen LogP contribution in [0.15, 0.2) is 34.2 Å². The lowest BCUT2D eigenvalue weighted by molar-refractivity contribution is -0.109. The number of thioether (sulfide) groups is 1. The zero-order valence-corrected chi connectivity index (χ0v) is 12.0. The summed E-state index contributed by atoms with van der Waals surface area (Å²) >= 11 is 0.995. The number of carbonyl (C=O) groups excluding carboxylic acids is 1. The number of benzene rings is 1. The molecule has 0 saturated carbocycles. The van der Waals surface area contributed by atoms with Crippen LogP contribution in [0.5, 0.6) is 5.88 Å². The third-order valence-electron chi connectivity index (χ3n) is 2.80. The fourth-order valence-corrected chi connectivity index (χ4v) is 2.36. The Labute approximate surface area is 124 Å². The minimum Gasteiger partial charge on any atom is -0.493 e. The summed E-state index contributed by atoms with van der Waals surface area (Å²) in [4.78, 5) is 35.5. The van der Waals surface area contributed by atoms with Gasteiger partial charge in [0.1, 0.15) is 6.54 Å². The number of hydrogen-bond donors (Lipinski definition) is 2. The van der Waals surface area contributed by atoms with Gasteiger partial charge in [-0.3, -0.25) is 4.79 Å². The SMILES string of the molecule is CC(=O)SCc1[nH]c(=O)n(-c2ccc(CN=O)cc2)c1O. The number of nitrogens with one attached hydrogen (secondary N) is 1. The monoisotopic (exact) mass is 307 g/mol. The van der Waals surface area contributed by atoms with Crippen molar-refractivity contribution in [3.8, 4) is 11.6 Å². The largest absolute Gasteiger partial charge is 0.493 e. The first-order valence-corrected chi connectivity index (χ1v) is 7.06. The maximum Gasteiger partial charge on any atom is 0.333 e. The summed E-state index contributed by atoms with van der Waals surface area (Å²) in [5.74, 6) is -0.0358. The van der Waals surface area contributed by atoms with Gasteiger partial charge in [-0.05, 0) is 17.7 Å². The Morgan fingerprint density at radius 3 is 2.62 bits per heavy atom. The molecule has 0 saturated heterocycles. The van der Waals surface area contributed by atoms with Gasteiger partial charge in [0.05, 0.1) is 11.4 Å². The molecule has 1 aromatic carbocycles. The van der Waals surface area contributed by atoms with E-state index in [-0.39, 0.29) is 23.3 Å². The molecule has 0 atom stereocenters. The first-order chi connectivity index (χ1) is 10.0. The van der Waals surface area contributed by atoms with E-state index in [9.17, 15) is 19.6 Å². The molecular formula is C13H13N3O4S. The van der Waals surface area contributed by atoms with E-state index in [1.165, 1.54) is 6.92 Å². The lowest BCUT2D eigenvalue weighted by atomic mass is 10.2. The number of rotatable bonds is 5. The van der Waals surface area contributed by atoms with E-state index in [2.05, 4.69) is 10.2 Å². The number of aromatic nitrogens is 2. The van der Waals surface area contributed by atoms with Gasteiger partial charge in [0.2, 0.25) is 5.88 Å². The molecule has 0 spiro atoms. The second kappa shape index (κ2) is 6.40. The van der Waals surface area contributed by atoms with Gasteiger partial charge in [-0.15, -0.1) is 0 Å². The standard InChI is InChI=1S/C13H13N3O4S/c1-8(17)21-7-11-12(18)16(13(19)15-11)10-4-2-9(3-5-10)6-14-20/h2-5,18H,6-7H2,1H3,(H,15,19). The van der Waals surface area contributed by atoms with Gasteiger partial charge >= 0.3 is 5.69 Å². The smallest absolute Gasteiger partial charge is 0.333 e. The van der Waals surface area contributed by atoms with Crippen molar-refractivity contribution in [1.29, 1.82) is 0 Å². The van der Waals surface area contributed by atoms with Crippen molar-refractivity contribution < 1.29 is 9.90 Å². The summed E-state index contributed by atoms with van der Waals surface area (Å²) in [6.45, 7) is 1.46. The van der Waals surface area contributed by atoms with E-state index >= 15 is 0 Å². The van der Waals surface area contributed by atoms with Gasteiger partial charge in [-0.25, -0.2) is 9.36 Å². The Morgan fingerprint density at radius 1 is 1.38 bits per heavy atom. The molecule has 0 unspecified atom stereocenters. The molecular weight excluding hydrogens is 294 g/mol. The quantitative estimate of drug-likeness (QED) is 0.821. The molecule has 2 aromatic rings. The van der Waals surface area contributed by atoms with E-state index < -0.39 is 5.69 Å². The van der Waals surface area contributed by atoms with E-state index in [1.54, 1.807) is 24.3 Å². The second-order valence-corrected chi connectivity index (χ2v) is 5.45. The average Bonchev–Trinajstić information content (AvgIpc) is 2.73. The predicted molar refractivity (Wildman–Crippen MR) is 79.5 cm³/mol. The van der Waals surface area contributed by atoms with Crippen LogP contribution >= 0.6 is 11.8 Å². The van der Waals surface area contributed by atoms with Crippen LogP contribution in [0.4, 0.5) is 0 Å². The summed E-state index contributed by atoms with van der Waals surface area (Å²) in [6, 6.07) is 6.52. The maximum atomic E-state index is 11.9. The number of imidazole rings is 1. The summed E-state index contributed by atoms with van der Waals surface area (Å²) in [6.07, 6.45) is 0. The second-order valence-electron chi connectivity index (χ2n) is 4.30. The van der Waals surface area contributed by atoms with Crippen LogP contribution in [0.1, 0.15) is 18.2 Å². The number of nitrogens with zero attached hydrogens (tertiary/aromatic N) is 2. The summed E-state index contributed by atoms with van der Waals surface area (Å²) in [7, 11) is 0. The minimum absolute atomic E-state index is 0.0504. The predicted octanol–water partition coefficient (Wildman–Crippen LogP) is 1.92. The Bertz CT molecular complexity index is 718. The normalized spacial score (nSPS) is 10.5. The van der Waals surface area contributed by atoms with Gasteiger partial charge in [0.15, 0.2) is 5.12 Å². The topological polar surface area (TPSA) is 105 Å². The summed E-state index contributed by atoms with van der Waals surface area (Å²) in [5, 5.41) is 12.8. The van der Waals surface area contributed by atoms with E-state index in [4.69, 9.17) is 0 Å². The molecule has 0 fully saturated rings. The number of carbonyl (C=O) groups is 1. The minimum atomic E-state index is -0.493. The van der Waals surface area contributed by atoms with Crippen molar-refractivity contribution in [3.63, 3.8) is 0 Å². The first kappa shape index (κ1) is 15.0. The van der Waals surface area contributed by atoms with E-state index in [0.717, 1.165) is 16.3 Å². The highest BCUT2D eigenvalue weighted by Crippen LogP contribution is 2.22. The molecule has 1 heterocycles. The molecule has 8 heteroatoms. The Balaban J connectivity index is 2.33. The van der Waals surface area contributed by atoms with Crippen LogP contribution in [0, 0.1) is 4.91 Å². The van der Waals surface area contributed by atoms with Crippen LogP contribution in [0.25, 0.3) is 5.69 Å². The van der Waals surface area contributed by atoms with E-state index in [1.807, 2.05) is 0 Å². The highest BCUT2D eigenvalue weighted by molar-refractivity contribution is 8.12. The van der Waals surface area contributed by atoms with Gasteiger partial charge in [0, 0.05) is 12.7 Å². The summed E-state index contributed by atoms with van der Waals surface area (Å²) < 4.78 is 1.11. The molecule has 0 aliphatic heterocycles. The van der Waals surface area contributed by atoms with Gasteiger partial charge in [0.25, 0.3) is 0 Å². The highest BCUT2D eigenvalue weighted by atomic mass is 32.2. The Hall–Kier alpha value is -2.35. The van der Waals surface area contributed by atoms with Crippen molar-refractivity contribution in [2.24, 2.45) is 5.18 Å². The molecule has 0 aliphatic carbocycles. The number of aromatic amines is 1. The average molecular weight is 307 g/mol. The zero-order valence-electron chi connectivity index (χ0n) is 11.2. The molecule has 21 heavy (non-hydrogen) atoms.